The number of carbonyl (C=O) groups is 1. The van der Waals surface area contributed by atoms with E-state index in [1.165, 1.54) is 5.56 Å². The number of nitrogens with zero attached hydrogens (tertiary/aromatic N) is 1. The minimum atomic E-state index is -0.0560. The van der Waals surface area contributed by atoms with Crippen LogP contribution < -0.4 is 5.32 Å². The molecule has 0 unspecified atom stereocenters. The Kier molecular flexibility index (Phi) is 5.26. The van der Waals surface area contributed by atoms with Crippen LogP contribution in [0, 0.1) is 6.92 Å². The molecular formula is C15H18N2O2S. The number of carbonyl (C=O) groups excluding carboxylic acids is 1. The molecule has 0 radical (unpaired) electrons. The largest absolute Gasteiger partial charge is 0.396 e. The molecule has 1 amide bonds. The van der Waals surface area contributed by atoms with Crippen molar-refractivity contribution in [3.63, 3.8) is 0 Å². The maximum atomic E-state index is 11.7. The number of aryl methyl sites for hydroxylation is 1. The molecule has 0 atom stereocenters. The first-order chi connectivity index (χ1) is 9.69. The van der Waals surface area contributed by atoms with Crippen molar-refractivity contribution in [3.8, 4) is 10.6 Å². The number of hydrogen-bond acceptors (Lipinski definition) is 4. The molecule has 5 heteroatoms. The van der Waals surface area contributed by atoms with E-state index in [2.05, 4.69) is 16.4 Å². The lowest BCUT2D eigenvalue weighted by Gasteiger charge is -2.01. The van der Waals surface area contributed by atoms with Gasteiger partial charge in [-0.1, -0.05) is 23.8 Å². The van der Waals surface area contributed by atoms with E-state index in [0.717, 1.165) is 16.3 Å². The van der Waals surface area contributed by atoms with Gasteiger partial charge in [-0.3, -0.25) is 4.79 Å². The predicted molar refractivity (Wildman–Crippen MR) is 80.7 cm³/mol. The van der Waals surface area contributed by atoms with Gasteiger partial charge in [-0.25, -0.2) is 4.98 Å². The van der Waals surface area contributed by atoms with Gasteiger partial charge in [0, 0.05) is 24.1 Å². The van der Waals surface area contributed by atoms with E-state index in [0.29, 0.717) is 13.0 Å². The van der Waals surface area contributed by atoms with Crippen LogP contribution in [0.4, 0.5) is 0 Å². The summed E-state index contributed by atoms with van der Waals surface area (Å²) in [6.07, 6.45) is 0.866. The topological polar surface area (TPSA) is 62.2 Å². The molecule has 0 saturated carbocycles. The van der Waals surface area contributed by atoms with E-state index in [1.54, 1.807) is 11.3 Å². The average Bonchev–Trinajstić information content (AvgIpc) is 2.87. The number of amides is 1. The molecule has 0 bridgehead atoms. The summed E-state index contributed by atoms with van der Waals surface area (Å²) in [6, 6.07) is 8.17. The summed E-state index contributed by atoms with van der Waals surface area (Å²) in [5.41, 5.74) is 3.07. The van der Waals surface area contributed by atoms with Gasteiger partial charge in [0.1, 0.15) is 5.01 Å². The van der Waals surface area contributed by atoms with E-state index in [-0.39, 0.29) is 18.9 Å². The minimum Gasteiger partial charge on any atom is -0.396 e. The molecule has 1 aromatic carbocycles. The molecule has 4 nitrogen and oxygen atoms in total. The summed E-state index contributed by atoms with van der Waals surface area (Å²) in [7, 11) is 0. The number of aliphatic hydroxyl groups excluding tert-OH is 1. The quantitative estimate of drug-likeness (QED) is 0.801. The van der Waals surface area contributed by atoms with Crippen molar-refractivity contribution in [1.29, 1.82) is 0 Å². The van der Waals surface area contributed by atoms with Crippen LogP contribution in [0.5, 0.6) is 0 Å². The molecule has 0 aliphatic rings. The smallest absolute Gasteiger partial charge is 0.226 e. The van der Waals surface area contributed by atoms with Crippen molar-refractivity contribution in [3.05, 3.63) is 40.9 Å². The second-order valence-corrected chi connectivity index (χ2v) is 5.48. The zero-order valence-electron chi connectivity index (χ0n) is 11.4. The van der Waals surface area contributed by atoms with Gasteiger partial charge < -0.3 is 10.4 Å². The molecule has 0 aliphatic heterocycles. The van der Waals surface area contributed by atoms with Gasteiger partial charge in [0.25, 0.3) is 0 Å². The van der Waals surface area contributed by atoms with Crippen LogP contribution in [-0.4, -0.2) is 29.1 Å². The molecule has 0 fully saturated rings. The third-order valence-electron chi connectivity index (χ3n) is 2.82. The summed E-state index contributed by atoms with van der Waals surface area (Å²) in [6.45, 7) is 2.64. The van der Waals surface area contributed by atoms with Crippen LogP contribution in [0.25, 0.3) is 10.6 Å². The monoisotopic (exact) mass is 290 g/mol. The van der Waals surface area contributed by atoms with Crippen molar-refractivity contribution in [2.24, 2.45) is 0 Å². The molecular weight excluding hydrogens is 272 g/mol. The van der Waals surface area contributed by atoms with Crippen molar-refractivity contribution < 1.29 is 9.90 Å². The van der Waals surface area contributed by atoms with Crippen molar-refractivity contribution in [2.75, 3.05) is 13.2 Å². The number of thiazole rings is 1. The number of hydrogen-bond donors (Lipinski definition) is 2. The highest BCUT2D eigenvalue weighted by atomic mass is 32.1. The minimum absolute atomic E-state index is 0.0560. The van der Waals surface area contributed by atoms with Crippen LogP contribution in [-0.2, 0) is 11.2 Å². The Morgan fingerprint density at radius 1 is 1.45 bits per heavy atom. The number of nitrogens with one attached hydrogen (secondary N) is 1. The lowest BCUT2D eigenvalue weighted by Crippen LogP contribution is -2.26. The Hall–Kier alpha value is -1.72. The molecule has 0 saturated heterocycles. The highest BCUT2D eigenvalue weighted by Crippen LogP contribution is 2.24. The fraction of sp³-hybridized carbons (Fsp3) is 0.333. The van der Waals surface area contributed by atoms with E-state index >= 15 is 0 Å². The Morgan fingerprint density at radius 3 is 3.05 bits per heavy atom. The Bertz CT molecular complexity index is 581. The number of rotatable bonds is 6. The molecule has 2 aromatic rings. The number of aliphatic hydroxyl groups is 1. The highest BCUT2D eigenvalue weighted by Gasteiger charge is 2.08. The van der Waals surface area contributed by atoms with Gasteiger partial charge in [0.15, 0.2) is 0 Å². The highest BCUT2D eigenvalue weighted by molar-refractivity contribution is 7.13. The molecule has 2 rings (SSSR count). The van der Waals surface area contributed by atoms with Crippen LogP contribution in [0.3, 0.4) is 0 Å². The summed E-state index contributed by atoms with van der Waals surface area (Å²) in [5.74, 6) is -0.0560. The normalized spacial score (nSPS) is 10.5. The molecule has 2 N–H and O–H groups in total. The predicted octanol–water partition coefficient (Wildman–Crippen LogP) is 2.16. The van der Waals surface area contributed by atoms with Crippen molar-refractivity contribution in [1.82, 2.24) is 10.3 Å². The second kappa shape index (κ2) is 7.17. The molecule has 1 heterocycles. The van der Waals surface area contributed by atoms with Crippen LogP contribution in [0.2, 0.25) is 0 Å². The third kappa shape index (κ3) is 4.15. The fourth-order valence-electron chi connectivity index (χ4n) is 1.83. The number of benzene rings is 1. The van der Waals surface area contributed by atoms with Gasteiger partial charge in [0.2, 0.25) is 5.91 Å². The molecule has 1 aromatic heterocycles. The Morgan fingerprint density at radius 2 is 2.30 bits per heavy atom. The Balaban J connectivity index is 1.97. The lowest BCUT2D eigenvalue weighted by molar-refractivity contribution is -0.120. The van der Waals surface area contributed by atoms with E-state index in [9.17, 15) is 4.79 Å². The van der Waals surface area contributed by atoms with Crippen LogP contribution in [0.1, 0.15) is 17.7 Å². The summed E-state index contributed by atoms with van der Waals surface area (Å²) >= 11 is 1.55. The van der Waals surface area contributed by atoms with Crippen molar-refractivity contribution in [2.45, 2.75) is 19.8 Å². The molecule has 20 heavy (non-hydrogen) atoms. The second-order valence-electron chi connectivity index (χ2n) is 4.62. The first-order valence-electron chi connectivity index (χ1n) is 6.58. The van der Waals surface area contributed by atoms with E-state index < -0.39 is 0 Å². The first kappa shape index (κ1) is 14.7. The van der Waals surface area contributed by atoms with Gasteiger partial charge in [-0.15, -0.1) is 11.3 Å². The maximum absolute atomic E-state index is 11.7. The first-order valence-corrected chi connectivity index (χ1v) is 7.46. The fourth-order valence-corrected chi connectivity index (χ4v) is 2.65. The van der Waals surface area contributed by atoms with Gasteiger partial charge >= 0.3 is 0 Å². The van der Waals surface area contributed by atoms with E-state index in [4.69, 9.17) is 5.11 Å². The van der Waals surface area contributed by atoms with Gasteiger partial charge in [-0.05, 0) is 19.4 Å². The molecule has 0 aliphatic carbocycles. The molecule has 106 valence electrons. The van der Waals surface area contributed by atoms with Crippen molar-refractivity contribution >= 4 is 17.2 Å². The van der Waals surface area contributed by atoms with Gasteiger partial charge in [-0.2, -0.15) is 0 Å². The summed E-state index contributed by atoms with van der Waals surface area (Å²) < 4.78 is 0. The zero-order valence-corrected chi connectivity index (χ0v) is 12.2. The Labute approximate surface area is 122 Å². The summed E-state index contributed by atoms with van der Waals surface area (Å²) in [4.78, 5) is 16.2. The standard InChI is InChI=1S/C15H18N2O2S/c1-11-4-2-5-12(8-11)15-17-13(10-20-15)9-14(19)16-6-3-7-18/h2,4-5,8,10,18H,3,6-7,9H2,1H3,(H,16,19). The maximum Gasteiger partial charge on any atom is 0.226 e. The lowest BCUT2D eigenvalue weighted by atomic mass is 10.1. The zero-order chi connectivity index (χ0) is 14.4. The summed E-state index contributed by atoms with van der Waals surface area (Å²) in [5, 5.41) is 14.3. The van der Waals surface area contributed by atoms with Crippen LogP contribution >= 0.6 is 11.3 Å². The third-order valence-corrected chi connectivity index (χ3v) is 3.76. The number of aromatic nitrogens is 1. The van der Waals surface area contributed by atoms with Gasteiger partial charge in [0.05, 0.1) is 12.1 Å². The van der Waals surface area contributed by atoms with E-state index in [1.807, 2.05) is 30.5 Å². The SMILES string of the molecule is Cc1cccc(-c2nc(CC(=O)NCCCO)cs2)c1. The molecule has 0 spiro atoms. The van der Waals surface area contributed by atoms with Crippen LogP contribution in [0.15, 0.2) is 29.6 Å². The average molecular weight is 290 g/mol.